The van der Waals surface area contributed by atoms with E-state index in [2.05, 4.69) is 24.0 Å². The molecule has 7 heteroatoms. The third-order valence-electron chi connectivity index (χ3n) is 3.39. The fourth-order valence-electron chi connectivity index (χ4n) is 2.49. The van der Waals surface area contributed by atoms with Crippen molar-refractivity contribution < 1.29 is 8.42 Å². The SMILES string of the molecule is CC(C)Cn1c(CCl)nnc1C1CCCCS1(=O)=O. The lowest BCUT2D eigenvalue weighted by atomic mass is 10.1. The monoisotopic (exact) mass is 305 g/mol. The number of hydrogen-bond acceptors (Lipinski definition) is 4. The molecule has 108 valence electrons. The third-order valence-corrected chi connectivity index (χ3v) is 5.80. The summed E-state index contributed by atoms with van der Waals surface area (Å²) in [6.45, 7) is 4.87. The Balaban J connectivity index is 2.41. The lowest BCUT2D eigenvalue weighted by Crippen LogP contribution is -2.25. The zero-order chi connectivity index (χ0) is 14.0. The quantitative estimate of drug-likeness (QED) is 0.801. The van der Waals surface area contributed by atoms with Crippen molar-refractivity contribution in [3.05, 3.63) is 11.6 Å². The number of alkyl halides is 1. The second kappa shape index (κ2) is 5.79. The number of halogens is 1. The van der Waals surface area contributed by atoms with Crippen molar-refractivity contribution in [2.45, 2.75) is 50.8 Å². The van der Waals surface area contributed by atoms with Crippen LogP contribution in [0.25, 0.3) is 0 Å². The molecule has 1 aromatic rings. The van der Waals surface area contributed by atoms with Crippen molar-refractivity contribution in [3.63, 3.8) is 0 Å². The first-order valence-corrected chi connectivity index (χ1v) is 8.90. The molecule has 0 radical (unpaired) electrons. The van der Waals surface area contributed by atoms with Gasteiger partial charge < -0.3 is 4.57 Å². The molecule has 2 rings (SSSR count). The van der Waals surface area contributed by atoms with E-state index in [9.17, 15) is 8.42 Å². The van der Waals surface area contributed by atoms with Gasteiger partial charge in [-0.2, -0.15) is 0 Å². The molecule has 0 spiro atoms. The highest BCUT2D eigenvalue weighted by molar-refractivity contribution is 7.91. The molecule has 0 aromatic carbocycles. The van der Waals surface area contributed by atoms with Crippen LogP contribution in [0.1, 0.15) is 50.0 Å². The zero-order valence-electron chi connectivity index (χ0n) is 11.3. The van der Waals surface area contributed by atoms with Crippen LogP contribution in [-0.2, 0) is 22.3 Å². The normalized spacial score (nSPS) is 22.8. The highest BCUT2D eigenvalue weighted by Crippen LogP contribution is 2.33. The van der Waals surface area contributed by atoms with Gasteiger partial charge >= 0.3 is 0 Å². The fraction of sp³-hybridized carbons (Fsp3) is 0.833. The van der Waals surface area contributed by atoms with Crippen LogP contribution in [0.3, 0.4) is 0 Å². The van der Waals surface area contributed by atoms with E-state index in [0.717, 1.165) is 12.8 Å². The maximum Gasteiger partial charge on any atom is 0.160 e. The first-order valence-electron chi connectivity index (χ1n) is 6.65. The van der Waals surface area contributed by atoms with E-state index in [1.165, 1.54) is 0 Å². The molecule has 1 aliphatic heterocycles. The summed E-state index contributed by atoms with van der Waals surface area (Å²) in [5.74, 6) is 2.13. The summed E-state index contributed by atoms with van der Waals surface area (Å²) in [5.41, 5.74) is 0. The molecule has 2 heterocycles. The van der Waals surface area contributed by atoms with Crippen LogP contribution in [0.4, 0.5) is 0 Å². The van der Waals surface area contributed by atoms with Gasteiger partial charge in [0.05, 0.1) is 11.6 Å². The lowest BCUT2D eigenvalue weighted by molar-refractivity contribution is 0.477. The van der Waals surface area contributed by atoms with E-state index in [4.69, 9.17) is 11.6 Å². The predicted molar refractivity (Wildman–Crippen MR) is 74.8 cm³/mol. The Hall–Kier alpha value is -0.620. The third kappa shape index (κ3) is 3.11. The summed E-state index contributed by atoms with van der Waals surface area (Å²) in [5, 5.41) is 7.64. The molecule has 19 heavy (non-hydrogen) atoms. The van der Waals surface area contributed by atoms with Crippen molar-refractivity contribution in [1.29, 1.82) is 0 Å². The number of sulfone groups is 1. The van der Waals surface area contributed by atoms with E-state index in [-0.39, 0.29) is 11.6 Å². The van der Waals surface area contributed by atoms with Crippen LogP contribution in [0.2, 0.25) is 0 Å². The molecule has 0 saturated carbocycles. The van der Waals surface area contributed by atoms with Gasteiger partial charge in [-0.25, -0.2) is 8.42 Å². The minimum absolute atomic E-state index is 0.252. The number of aromatic nitrogens is 3. The van der Waals surface area contributed by atoms with E-state index < -0.39 is 15.1 Å². The summed E-state index contributed by atoms with van der Waals surface area (Å²) in [6, 6.07) is 0. The number of nitrogens with zero attached hydrogens (tertiary/aromatic N) is 3. The molecule has 1 unspecified atom stereocenters. The lowest BCUT2D eigenvalue weighted by Gasteiger charge is -2.23. The largest absolute Gasteiger partial charge is 0.313 e. The van der Waals surface area contributed by atoms with Gasteiger partial charge in [-0.15, -0.1) is 21.8 Å². The van der Waals surface area contributed by atoms with Gasteiger partial charge in [0.1, 0.15) is 11.1 Å². The van der Waals surface area contributed by atoms with Crippen LogP contribution >= 0.6 is 11.6 Å². The standard InChI is InChI=1S/C12H20ClN3O2S/c1-9(2)8-16-11(7-13)14-15-12(16)10-5-3-4-6-19(10,17)18/h9-10H,3-8H2,1-2H3. The molecule has 1 aromatic heterocycles. The van der Waals surface area contributed by atoms with Crippen LogP contribution in [-0.4, -0.2) is 28.9 Å². The molecule has 0 N–H and O–H groups in total. The van der Waals surface area contributed by atoms with Gasteiger partial charge in [0.25, 0.3) is 0 Å². The van der Waals surface area contributed by atoms with E-state index in [1.807, 2.05) is 4.57 Å². The number of hydrogen-bond donors (Lipinski definition) is 0. The smallest absolute Gasteiger partial charge is 0.160 e. The Morgan fingerprint density at radius 3 is 2.68 bits per heavy atom. The minimum Gasteiger partial charge on any atom is -0.313 e. The van der Waals surface area contributed by atoms with Crippen LogP contribution in [0, 0.1) is 5.92 Å². The number of rotatable bonds is 4. The molecule has 0 aliphatic carbocycles. The van der Waals surface area contributed by atoms with Gasteiger partial charge in [-0.3, -0.25) is 0 Å². The van der Waals surface area contributed by atoms with Crippen LogP contribution < -0.4 is 0 Å². The van der Waals surface area contributed by atoms with E-state index in [0.29, 0.717) is 30.5 Å². The van der Waals surface area contributed by atoms with E-state index >= 15 is 0 Å². The first-order chi connectivity index (χ1) is 8.95. The summed E-state index contributed by atoms with van der Waals surface area (Å²) < 4.78 is 26.3. The summed E-state index contributed by atoms with van der Waals surface area (Å²) in [7, 11) is -3.10. The molecule has 1 aliphatic rings. The molecular weight excluding hydrogens is 286 g/mol. The van der Waals surface area contributed by atoms with Gasteiger partial charge in [0, 0.05) is 6.54 Å². The fourth-order valence-corrected chi connectivity index (χ4v) is 4.60. The zero-order valence-corrected chi connectivity index (χ0v) is 12.9. The second-order valence-electron chi connectivity index (χ2n) is 5.46. The maximum atomic E-state index is 12.2. The van der Waals surface area contributed by atoms with Crippen molar-refractivity contribution in [2.75, 3.05) is 5.75 Å². The Morgan fingerprint density at radius 2 is 2.11 bits per heavy atom. The maximum absolute atomic E-state index is 12.2. The predicted octanol–water partition coefficient (Wildman–Crippen LogP) is 2.31. The van der Waals surface area contributed by atoms with Gasteiger partial charge in [-0.05, 0) is 18.8 Å². The Morgan fingerprint density at radius 1 is 1.37 bits per heavy atom. The van der Waals surface area contributed by atoms with E-state index in [1.54, 1.807) is 0 Å². The summed E-state index contributed by atoms with van der Waals surface area (Å²) in [6.07, 6.45) is 2.31. The summed E-state index contributed by atoms with van der Waals surface area (Å²) in [4.78, 5) is 0. The average Bonchev–Trinajstić information content (AvgIpc) is 2.70. The molecule has 1 atom stereocenters. The van der Waals surface area contributed by atoms with Crippen molar-refractivity contribution in [2.24, 2.45) is 5.92 Å². The van der Waals surface area contributed by atoms with Crippen LogP contribution in [0.5, 0.6) is 0 Å². The molecule has 1 saturated heterocycles. The van der Waals surface area contributed by atoms with Gasteiger partial charge in [0.2, 0.25) is 0 Å². The molecule has 0 bridgehead atoms. The Labute approximate surface area is 119 Å². The van der Waals surface area contributed by atoms with Gasteiger partial charge in [-0.1, -0.05) is 20.3 Å². The van der Waals surface area contributed by atoms with Crippen LogP contribution in [0.15, 0.2) is 0 Å². The second-order valence-corrected chi connectivity index (χ2v) is 8.03. The Kier molecular flexibility index (Phi) is 4.50. The highest BCUT2D eigenvalue weighted by Gasteiger charge is 2.34. The first kappa shape index (κ1) is 14.8. The molecule has 1 fully saturated rings. The van der Waals surface area contributed by atoms with Crippen molar-refractivity contribution in [1.82, 2.24) is 14.8 Å². The topological polar surface area (TPSA) is 64.8 Å². The molecular formula is C12H20ClN3O2S. The Bertz CT molecular complexity index is 539. The van der Waals surface area contributed by atoms with Crippen molar-refractivity contribution >= 4 is 21.4 Å². The van der Waals surface area contributed by atoms with Crippen molar-refractivity contribution in [3.8, 4) is 0 Å². The molecule has 5 nitrogen and oxygen atoms in total. The van der Waals surface area contributed by atoms with Gasteiger partial charge in [0.15, 0.2) is 15.7 Å². The summed E-state index contributed by atoms with van der Waals surface area (Å²) >= 11 is 5.87. The average molecular weight is 306 g/mol. The minimum atomic E-state index is -3.10. The highest BCUT2D eigenvalue weighted by atomic mass is 35.5. The molecule has 0 amide bonds.